The van der Waals surface area contributed by atoms with Crippen molar-refractivity contribution in [3.05, 3.63) is 70.9 Å². The molecule has 0 saturated carbocycles. The molecule has 2 heterocycles. The van der Waals surface area contributed by atoms with Crippen molar-refractivity contribution in [1.29, 1.82) is 0 Å². The molecule has 2 amide bonds. The van der Waals surface area contributed by atoms with Crippen molar-refractivity contribution in [3.8, 4) is 11.1 Å². The van der Waals surface area contributed by atoms with E-state index in [-0.39, 0.29) is 18.4 Å². The van der Waals surface area contributed by atoms with Gasteiger partial charge in [-0.25, -0.2) is 9.97 Å². The highest BCUT2D eigenvalue weighted by molar-refractivity contribution is 8.00. The van der Waals surface area contributed by atoms with Crippen molar-refractivity contribution in [2.24, 2.45) is 0 Å². The number of nitrogens with zero attached hydrogens (tertiary/aromatic N) is 2. The Hall–Kier alpha value is -3.23. The fourth-order valence-electron chi connectivity index (χ4n) is 3.61. The third-order valence-corrected chi connectivity index (χ3v) is 7.51. The molecule has 6 nitrogen and oxygen atoms in total. The molecule has 0 saturated heterocycles. The Morgan fingerprint density at radius 3 is 2.44 bits per heavy atom. The number of carbonyl (C=O) groups is 2. The molecule has 174 valence electrons. The summed E-state index contributed by atoms with van der Waals surface area (Å²) in [4.78, 5) is 34.9. The fourth-order valence-corrected chi connectivity index (χ4v) is 5.55. The lowest BCUT2D eigenvalue weighted by Crippen LogP contribution is -2.37. The van der Waals surface area contributed by atoms with Gasteiger partial charge in [-0.3, -0.25) is 9.59 Å². The lowest BCUT2D eigenvalue weighted by atomic mass is 10.1. The molecule has 0 aliphatic rings. The third-order valence-electron chi connectivity index (χ3n) is 5.52. The average molecular weight is 491 g/mol. The second-order valence-corrected chi connectivity index (χ2v) is 10.4. The van der Waals surface area contributed by atoms with Gasteiger partial charge in [0, 0.05) is 16.6 Å². The van der Waals surface area contributed by atoms with E-state index < -0.39 is 5.25 Å². The van der Waals surface area contributed by atoms with Gasteiger partial charge in [0.25, 0.3) is 0 Å². The summed E-state index contributed by atoms with van der Waals surface area (Å²) < 4.78 is 0. The number of carbonyl (C=O) groups excluding carboxylic acids is 2. The van der Waals surface area contributed by atoms with Crippen LogP contribution in [0.3, 0.4) is 0 Å². The zero-order valence-corrected chi connectivity index (χ0v) is 21.1. The first kappa shape index (κ1) is 23.9. The molecular formula is C26H26N4O2S2. The topological polar surface area (TPSA) is 84.0 Å². The lowest BCUT2D eigenvalue weighted by Gasteiger charge is -2.14. The highest BCUT2D eigenvalue weighted by atomic mass is 32.2. The van der Waals surface area contributed by atoms with Gasteiger partial charge in [0.1, 0.15) is 16.2 Å². The highest BCUT2D eigenvalue weighted by Crippen LogP contribution is 2.39. The van der Waals surface area contributed by atoms with E-state index in [9.17, 15) is 9.59 Å². The molecule has 1 atom stereocenters. The van der Waals surface area contributed by atoms with Crippen LogP contribution in [0.25, 0.3) is 21.3 Å². The van der Waals surface area contributed by atoms with Gasteiger partial charge in [0.05, 0.1) is 17.2 Å². The van der Waals surface area contributed by atoms with Crippen molar-refractivity contribution < 1.29 is 9.59 Å². The molecule has 1 unspecified atom stereocenters. The molecule has 2 aromatic carbocycles. The molecule has 0 fully saturated rings. The van der Waals surface area contributed by atoms with Crippen molar-refractivity contribution >= 4 is 50.8 Å². The van der Waals surface area contributed by atoms with Crippen LogP contribution in [0.2, 0.25) is 0 Å². The average Bonchev–Trinajstić information content (AvgIpc) is 3.25. The van der Waals surface area contributed by atoms with Crippen LogP contribution in [-0.2, 0) is 9.59 Å². The van der Waals surface area contributed by atoms with E-state index in [1.807, 2.05) is 39.0 Å². The summed E-state index contributed by atoms with van der Waals surface area (Å²) in [5.74, 6) is -0.479. The molecule has 4 aromatic rings. The number of nitrogens with one attached hydrogen (secondary N) is 2. The molecule has 2 N–H and O–H groups in total. The Morgan fingerprint density at radius 2 is 1.74 bits per heavy atom. The summed E-state index contributed by atoms with van der Waals surface area (Å²) in [6.07, 6.45) is 1.53. The summed E-state index contributed by atoms with van der Waals surface area (Å²) in [6.45, 7) is 7.66. The van der Waals surface area contributed by atoms with Crippen molar-refractivity contribution in [2.45, 2.75) is 38.0 Å². The van der Waals surface area contributed by atoms with Gasteiger partial charge in [0.2, 0.25) is 11.8 Å². The normalized spacial score (nSPS) is 11.9. The monoisotopic (exact) mass is 490 g/mol. The van der Waals surface area contributed by atoms with Gasteiger partial charge in [-0.2, -0.15) is 0 Å². The number of aromatic nitrogens is 2. The molecule has 0 aliphatic carbocycles. The minimum absolute atomic E-state index is 0.0935. The maximum atomic E-state index is 12.8. The van der Waals surface area contributed by atoms with E-state index in [1.54, 1.807) is 11.3 Å². The lowest BCUT2D eigenvalue weighted by molar-refractivity contribution is -0.123. The predicted octanol–water partition coefficient (Wildman–Crippen LogP) is 5.52. The van der Waals surface area contributed by atoms with Crippen LogP contribution < -0.4 is 10.6 Å². The van der Waals surface area contributed by atoms with E-state index >= 15 is 0 Å². The van der Waals surface area contributed by atoms with Crippen molar-refractivity contribution in [1.82, 2.24) is 15.3 Å². The Labute approximate surface area is 207 Å². The minimum Gasteiger partial charge on any atom is -0.346 e. The van der Waals surface area contributed by atoms with Gasteiger partial charge >= 0.3 is 0 Å². The number of para-hydroxylation sites is 1. The smallest absolute Gasteiger partial charge is 0.243 e. The van der Waals surface area contributed by atoms with E-state index in [0.29, 0.717) is 0 Å². The Kier molecular flexibility index (Phi) is 7.29. The van der Waals surface area contributed by atoms with Gasteiger partial charge in [-0.1, -0.05) is 59.8 Å². The predicted molar refractivity (Wildman–Crippen MR) is 140 cm³/mol. The number of hydrogen-bond acceptors (Lipinski definition) is 6. The summed E-state index contributed by atoms with van der Waals surface area (Å²) in [6, 6.07) is 14.2. The van der Waals surface area contributed by atoms with Gasteiger partial charge in [-0.15, -0.1) is 11.3 Å². The third kappa shape index (κ3) is 5.29. The number of hydrogen-bond donors (Lipinski definition) is 2. The molecule has 0 bridgehead atoms. The molecule has 8 heteroatoms. The summed E-state index contributed by atoms with van der Waals surface area (Å²) in [7, 11) is 0. The first-order valence-electron chi connectivity index (χ1n) is 10.9. The molecular weight excluding hydrogens is 464 g/mol. The maximum Gasteiger partial charge on any atom is 0.243 e. The number of aryl methyl sites for hydroxylation is 3. The van der Waals surface area contributed by atoms with Crippen LogP contribution in [0.1, 0.15) is 23.6 Å². The zero-order valence-electron chi connectivity index (χ0n) is 19.5. The van der Waals surface area contributed by atoms with Gasteiger partial charge < -0.3 is 10.6 Å². The van der Waals surface area contributed by atoms with Crippen LogP contribution >= 0.6 is 23.1 Å². The summed E-state index contributed by atoms with van der Waals surface area (Å²) >= 11 is 2.93. The number of amides is 2. The van der Waals surface area contributed by atoms with E-state index in [2.05, 4.69) is 57.2 Å². The van der Waals surface area contributed by atoms with Crippen LogP contribution in [0.5, 0.6) is 0 Å². The molecule has 34 heavy (non-hydrogen) atoms. The van der Waals surface area contributed by atoms with Gasteiger partial charge in [0.15, 0.2) is 0 Å². The number of rotatable bonds is 7. The molecule has 4 rings (SSSR count). The van der Waals surface area contributed by atoms with E-state index in [0.717, 1.165) is 43.2 Å². The number of anilines is 1. The molecule has 0 radical (unpaired) electrons. The highest BCUT2D eigenvalue weighted by Gasteiger charge is 2.20. The Bertz CT molecular complexity index is 1330. The maximum absolute atomic E-state index is 12.8. The molecule has 0 spiro atoms. The largest absolute Gasteiger partial charge is 0.346 e. The number of fused-ring (bicyclic) bond motifs is 1. The van der Waals surface area contributed by atoms with Crippen LogP contribution in [0.4, 0.5) is 5.69 Å². The van der Waals surface area contributed by atoms with Crippen LogP contribution in [0, 0.1) is 20.8 Å². The zero-order chi connectivity index (χ0) is 24.2. The Morgan fingerprint density at radius 1 is 1.03 bits per heavy atom. The van der Waals surface area contributed by atoms with E-state index in [4.69, 9.17) is 0 Å². The van der Waals surface area contributed by atoms with Crippen molar-refractivity contribution in [2.75, 3.05) is 11.9 Å². The fraction of sp³-hybridized carbons (Fsp3) is 0.231. The molecule has 2 aromatic heterocycles. The summed E-state index contributed by atoms with van der Waals surface area (Å²) in [5, 5.41) is 8.99. The van der Waals surface area contributed by atoms with Crippen LogP contribution in [-0.4, -0.2) is 33.6 Å². The number of benzene rings is 2. The summed E-state index contributed by atoms with van der Waals surface area (Å²) in [5.41, 5.74) is 6.10. The Balaban J connectivity index is 1.44. The SMILES string of the molecule is Cc1ccc(-c2csc3ncnc(SC(C)C(=O)NCC(=O)Nc4c(C)cccc4C)c23)cc1. The first-order chi connectivity index (χ1) is 16.3. The quantitative estimate of drug-likeness (QED) is 0.263. The second kappa shape index (κ2) is 10.4. The number of thioether (sulfide) groups is 1. The van der Waals surface area contributed by atoms with Crippen LogP contribution in [0.15, 0.2) is 59.2 Å². The second-order valence-electron chi connectivity index (χ2n) is 8.17. The minimum atomic E-state index is -0.433. The standard InChI is InChI=1S/C26H26N4O2S2/c1-15-8-10-19(11-9-15)20-13-33-25-22(20)26(29-14-28-25)34-18(4)24(32)27-12-21(31)30-23-16(2)6-5-7-17(23)3/h5-11,13-14,18H,12H2,1-4H3,(H,27,32)(H,30,31). The number of thiophene rings is 1. The molecule has 0 aliphatic heterocycles. The van der Waals surface area contributed by atoms with E-state index in [1.165, 1.54) is 23.7 Å². The van der Waals surface area contributed by atoms with Crippen molar-refractivity contribution in [3.63, 3.8) is 0 Å². The first-order valence-corrected chi connectivity index (χ1v) is 12.7. The van der Waals surface area contributed by atoms with Gasteiger partial charge in [-0.05, 0) is 44.4 Å².